The number of furan rings is 2. The second kappa shape index (κ2) is 19.7. The molecule has 4 heterocycles. The minimum Gasteiger partial charge on any atom is -0.457 e. The second-order valence-corrected chi connectivity index (χ2v) is 22.7. The summed E-state index contributed by atoms with van der Waals surface area (Å²) in [5, 5.41) is 3.66. The topological polar surface area (TPSA) is 87.6 Å². The van der Waals surface area contributed by atoms with Crippen LogP contribution in [-0.2, 0) is 0 Å². The molecule has 7 heteroatoms. The highest BCUT2D eigenvalue weighted by molar-refractivity contribution is 6.12. The average molecular weight is 1060 g/mol. The first-order valence-corrected chi connectivity index (χ1v) is 28.3. The summed E-state index contributed by atoms with van der Waals surface area (Å²) >= 11 is 0. The van der Waals surface area contributed by atoms with Crippen LogP contribution in [0.25, 0.3) is 133 Å². The molecule has 14 rings (SSSR count). The lowest BCUT2D eigenvalue weighted by Crippen LogP contribution is -2.01. The Kier molecular flexibility index (Phi) is 12.1. The molecule has 81 heavy (non-hydrogen) atoms. The number of ether oxygens (including phenoxy) is 1. The number of hydrogen-bond donors (Lipinski definition) is 0. The van der Waals surface area contributed by atoms with E-state index in [9.17, 15) is 0 Å². The highest BCUT2D eigenvalue weighted by atomic mass is 16.5. The van der Waals surface area contributed by atoms with Gasteiger partial charge in [0.1, 0.15) is 44.9 Å². The Labute approximate surface area is 470 Å². The van der Waals surface area contributed by atoms with Crippen LogP contribution in [0.1, 0.15) is 101 Å². The lowest BCUT2D eigenvalue weighted by atomic mass is 9.82. The first-order valence-electron chi connectivity index (χ1n) is 28.3. The third-order valence-corrected chi connectivity index (χ3v) is 16.1. The lowest BCUT2D eigenvalue weighted by molar-refractivity contribution is 0.483. The zero-order valence-corrected chi connectivity index (χ0v) is 46.7. The van der Waals surface area contributed by atoms with Crippen molar-refractivity contribution in [2.45, 2.75) is 79.1 Å². The van der Waals surface area contributed by atoms with E-state index in [4.69, 9.17) is 32.4 Å². The van der Waals surface area contributed by atoms with E-state index >= 15 is 0 Å². The van der Waals surface area contributed by atoms with E-state index in [0.717, 1.165) is 54.9 Å². The third kappa shape index (κ3) is 8.58. The third-order valence-electron chi connectivity index (χ3n) is 16.1. The zero-order valence-electron chi connectivity index (χ0n) is 46.7. The summed E-state index contributed by atoms with van der Waals surface area (Å²) in [6.07, 6.45) is 0. The van der Waals surface area contributed by atoms with E-state index in [1.165, 1.54) is 55.6 Å². The van der Waals surface area contributed by atoms with Crippen molar-refractivity contribution < 1.29 is 22.4 Å². The Morgan fingerprint density at radius 2 is 0.679 bits per heavy atom. The average Bonchev–Trinajstić information content (AvgIpc) is 4.36. The van der Waals surface area contributed by atoms with Gasteiger partial charge >= 0.3 is 0 Å². The predicted molar refractivity (Wildman–Crippen MR) is 332 cm³/mol. The summed E-state index contributed by atoms with van der Waals surface area (Å²) in [7, 11) is 0. The number of oxazole rings is 2. The van der Waals surface area contributed by atoms with Crippen molar-refractivity contribution in [2.75, 3.05) is 0 Å². The quantitative estimate of drug-likeness (QED) is 0.120. The standard InChI is InChI=1S/C74H60N2O5/c1-41(2)55-33-47(45-21-11-9-12-22-45)34-56(42(3)4)67(55)53-27-19-29-63-71(53)80-73(75-63)61-39-49(37-59-51-25-15-17-31-65(51)78-69(59)61)77-50-38-60-52-26-16-18-32-66(52)79-70(60)62(40-50)74-76-64-30-20-28-54(72(64)81-74)68-57(43(5)6)35-48(36-58(68)44(7)8)46-23-13-10-14-24-46/h9-44H,1-8H3. The molecular weight excluding hydrogens is 997 g/mol. The number of benzene rings is 10. The molecule has 0 N–H and O–H groups in total. The van der Waals surface area contributed by atoms with Gasteiger partial charge in [0.2, 0.25) is 11.8 Å². The molecule has 0 unspecified atom stereocenters. The SMILES string of the molecule is CC(C)c1cc(-c2ccccc2)cc(C(C)C)c1-c1cccc2nc(-c3cc(Oc4cc(-c5nc6cccc(-c7c(C(C)C)cc(-c8ccccc8)cc7C(C)C)c6o5)c5oc6ccccc6c5c4)cc4c3oc3ccccc34)oc12. The normalized spacial score (nSPS) is 12.1. The van der Waals surface area contributed by atoms with Crippen molar-refractivity contribution in [3.05, 3.63) is 216 Å². The maximum absolute atomic E-state index is 7.13. The van der Waals surface area contributed by atoms with Crippen molar-refractivity contribution in [1.29, 1.82) is 0 Å². The van der Waals surface area contributed by atoms with E-state index in [0.29, 0.717) is 56.7 Å². The molecule has 0 atom stereocenters. The van der Waals surface area contributed by atoms with Crippen LogP contribution in [0.5, 0.6) is 11.5 Å². The van der Waals surface area contributed by atoms with Gasteiger partial charge in [-0.25, -0.2) is 9.97 Å². The number of nitrogens with zero attached hydrogens (tertiary/aromatic N) is 2. The van der Waals surface area contributed by atoms with Gasteiger partial charge in [-0.15, -0.1) is 0 Å². The van der Waals surface area contributed by atoms with Crippen molar-refractivity contribution >= 4 is 66.1 Å². The molecule has 0 saturated carbocycles. The highest BCUT2D eigenvalue weighted by Gasteiger charge is 2.27. The van der Waals surface area contributed by atoms with Crippen LogP contribution in [0.3, 0.4) is 0 Å². The van der Waals surface area contributed by atoms with Gasteiger partial charge in [-0.3, -0.25) is 0 Å². The summed E-state index contributed by atoms with van der Waals surface area (Å²) in [5.41, 5.74) is 21.3. The fraction of sp³-hybridized carbons (Fsp3) is 0.162. The monoisotopic (exact) mass is 1060 g/mol. The van der Waals surface area contributed by atoms with Gasteiger partial charge in [-0.1, -0.05) is 201 Å². The maximum atomic E-state index is 7.13. The molecule has 4 aromatic heterocycles. The number of fused-ring (bicyclic) bond motifs is 8. The number of para-hydroxylation sites is 4. The summed E-state index contributed by atoms with van der Waals surface area (Å²) in [6, 6.07) is 67.5. The largest absolute Gasteiger partial charge is 0.457 e. The molecule has 0 aliphatic carbocycles. The summed E-state index contributed by atoms with van der Waals surface area (Å²) in [5.74, 6) is 2.96. The molecule has 396 valence electrons. The molecule has 14 aromatic rings. The zero-order chi connectivity index (χ0) is 55.2. The molecule has 0 aliphatic rings. The Morgan fingerprint density at radius 1 is 0.309 bits per heavy atom. The fourth-order valence-electron chi connectivity index (χ4n) is 12.1. The molecule has 7 nitrogen and oxygen atoms in total. The van der Waals surface area contributed by atoms with Gasteiger partial charge in [0.05, 0.1) is 11.1 Å². The fourth-order valence-corrected chi connectivity index (χ4v) is 12.1. The summed E-state index contributed by atoms with van der Waals surface area (Å²) in [6.45, 7) is 18.1. The van der Waals surface area contributed by atoms with Crippen molar-refractivity contribution in [3.8, 4) is 78.9 Å². The van der Waals surface area contributed by atoms with Crippen LogP contribution < -0.4 is 4.74 Å². The summed E-state index contributed by atoms with van der Waals surface area (Å²) in [4.78, 5) is 10.5. The number of rotatable bonds is 12. The van der Waals surface area contributed by atoms with E-state index in [2.05, 4.69) is 177 Å². The second-order valence-electron chi connectivity index (χ2n) is 22.7. The minimum atomic E-state index is 0.238. The van der Waals surface area contributed by atoms with Gasteiger partial charge in [-0.05, 0) is 128 Å². The molecule has 0 radical (unpaired) electrons. The van der Waals surface area contributed by atoms with E-state index in [1.54, 1.807) is 0 Å². The van der Waals surface area contributed by atoms with E-state index in [1.807, 2.05) is 72.8 Å². The Hall–Kier alpha value is -9.46. The first-order chi connectivity index (χ1) is 39.4. The van der Waals surface area contributed by atoms with Crippen LogP contribution in [0.2, 0.25) is 0 Å². The summed E-state index contributed by atoms with van der Waals surface area (Å²) < 4.78 is 34.8. The molecule has 0 bridgehead atoms. The number of hydrogen-bond acceptors (Lipinski definition) is 7. The van der Waals surface area contributed by atoms with Crippen LogP contribution in [0.15, 0.2) is 212 Å². The molecular formula is C74H60N2O5. The van der Waals surface area contributed by atoms with Gasteiger partial charge in [0.15, 0.2) is 11.2 Å². The van der Waals surface area contributed by atoms with Crippen LogP contribution in [0.4, 0.5) is 0 Å². The Balaban J connectivity index is 0.922. The smallest absolute Gasteiger partial charge is 0.231 e. The molecule has 0 spiro atoms. The maximum Gasteiger partial charge on any atom is 0.231 e. The molecule has 0 amide bonds. The van der Waals surface area contributed by atoms with Gasteiger partial charge < -0.3 is 22.4 Å². The van der Waals surface area contributed by atoms with Crippen molar-refractivity contribution in [2.24, 2.45) is 0 Å². The van der Waals surface area contributed by atoms with Crippen LogP contribution >= 0.6 is 0 Å². The van der Waals surface area contributed by atoms with E-state index < -0.39 is 0 Å². The van der Waals surface area contributed by atoms with Gasteiger partial charge in [0, 0.05) is 32.7 Å². The Morgan fingerprint density at radius 3 is 1.06 bits per heavy atom. The first kappa shape index (κ1) is 49.8. The molecule has 10 aromatic carbocycles. The molecule has 0 aliphatic heterocycles. The van der Waals surface area contributed by atoms with E-state index in [-0.39, 0.29) is 23.7 Å². The molecule has 0 saturated heterocycles. The minimum absolute atomic E-state index is 0.238. The van der Waals surface area contributed by atoms with Gasteiger partial charge in [0.25, 0.3) is 0 Å². The molecule has 0 fully saturated rings. The number of aromatic nitrogens is 2. The lowest BCUT2D eigenvalue weighted by Gasteiger charge is -2.22. The Bertz CT molecular complexity index is 4380. The van der Waals surface area contributed by atoms with Crippen molar-refractivity contribution in [1.82, 2.24) is 9.97 Å². The van der Waals surface area contributed by atoms with Crippen LogP contribution in [0, 0.1) is 0 Å². The van der Waals surface area contributed by atoms with Gasteiger partial charge in [-0.2, -0.15) is 0 Å². The van der Waals surface area contributed by atoms with Crippen molar-refractivity contribution in [3.63, 3.8) is 0 Å². The predicted octanol–water partition coefficient (Wildman–Crippen LogP) is 22.1. The highest BCUT2D eigenvalue weighted by Crippen LogP contribution is 2.48. The van der Waals surface area contributed by atoms with Crippen LogP contribution in [-0.4, -0.2) is 9.97 Å².